The molecule has 0 saturated carbocycles. The zero-order valence-corrected chi connectivity index (χ0v) is 14.2. The van der Waals surface area contributed by atoms with Crippen molar-refractivity contribution >= 4 is 11.9 Å². The molecule has 0 N–H and O–H groups in total. The highest BCUT2D eigenvalue weighted by atomic mass is 16.6. The van der Waals surface area contributed by atoms with Crippen molar-refractivity contribution in [3.63, 3.8) is 0 Å². The second-order valence-electron chi connectivity index (χ2n) is 6.00. The normalized spacial score (nSPS) is 16.6. The number of hydrogen-bond acceptors (Lipinski definition) is 6. The standard InChI is InChI=1S/C19H20O6/c1-12-9-16(25-18(12)19(21)22-2)11-23-14-5-3-13(4-6-14)10-15-7-8-17(20)24-15/h3-6,9,15H,7-8,10-11H2,1-2H3. The molecule has 0 amide bonds. The van der Waals surface area contributed by atoms with Gasteiger partial charge in [-0.15, -0.1) is 0 Å². The summed E-state index contributed by atoms with van der Waals surface area (Å²) in [5, 5.41) is 0. The van der Waals surface area contributed by atoms with Crippen LogP contribution in [-0.2, 0) is 27.3 Å². The average molecular weight is 344 g/mol. The van der Waals surface area contributed by atoms with Crippen molar-refractivity contribution in [1.29, 1.82) is 0 Å². The highest BCUT2D eigenvalue weighted by molar-refractivity contribution is 5.87. The largest absolute Gasteiger partial charge is 0.486 e. The molecule has 3 rings (SSSR count). The monoisotopic (exact) mass is 344 g/mol. The molecule has 25 heavy (non-hydrogen) atoms. The summed E-state index contributed by atoms with van der Waals surface area (Å²) in [6, 6.07) is 9.39. The molecule has 2 aromatic rings. The van der Waals surface area contributed by atoms with E-state index in [-0.39, 0.29) is 24.4 Å². The van der Waals surface area contributed by atoms with Gasteiger partial charge in [-0.25, -0.2) is 4.79 Å². The lowest BCUT2D eigenvalue weighted by Crippen LogP contribution is -2.10. The summed E-state index contributed by atoms with van der Waals surface area (Å²) in [5.41, 5.74) is 1.81. The molecule has 1 aromatic carbocycles. The summed E-state index contributed by atoms with van der Waals surface area (Å²) in [6.07, 6.45) is 1.97. The molecule has 6 nitrogen and oxygen atoms in total. The van der Waals surface area contributed by atoms with E-state index in [1.54, 1.807) is 13.0 Å². The first-order valence-electron chi connectivity index (χ1n) is 8.14. The van der Waals surface area contributed by atoms with Gasteiger partial charge in [0.25, 0.3) is 0 Å². The highest BCUT2D eigenvalue weighted by Gasteiger charge is 2.23. The van der Waals surface area contributed by atoms with Crippen molar-refractivity contribution in [3.8, 4) is 5.75 Å². The van der Waals surface area contributed by atoms with Crippen LogP contribution in [0.15, 0.2) is 34.7 Å². The molecule has 1 aliphatic heterocycles. The van der Waals surface area contributed by atoms with Gasteiger partial charge in [0, 0.05) is 18.4 Å². The molecule has 6 heteroatoms. The first-order chi connectivity index (χ1) is 12.0. The van der Waals surface area contributed by atoms with E-state index >= 15 is 0 Å². The van der Waals surface area contributed by atoms with Crippen LogP contribution in [0.1, 0.15) is 40.3 Å². The lowest BCUT2D eigenvalue weighted by molar-refractivity contribution is -0.141. The third kappa shape index (κ3) is 4.21. The Morgan fingerprint density at radius 3 is 2.68 bits per heavy atom. The SMILES string of the molecule is COC(=O)c1oc(COc2ccc(CC3CCC(=O)O3)cc2)cc1C. The predicted octanol–water partition coefficient (Wildman–Crippen LogP) is 3.20. The van der Waals surface area contributed by atoms with Crippen LogP contribution < -0.4 is 4.74 Å². The summed E-state index contributed by atoms with van der Waals surface area (Å²) >= 11 is 0. The minimum absolute atomic E-state index is 0.0258. The van der Waals surface area contributed by atoms with Gasteiger partial charge in [-0.3, -0.25) is 4.79 Å². The highest BCUT2D eigenvalue weighted by Crippen LogP contribution is 2.22. The minimum Gasteiger partial charge on any atom is -0.486 e. The third-order valence-electron chi connectivity index (χ3n) is 4.08. The van der Waals surface area contributed by atoms with Gasteiger partial charge in [0.15, 0.2) is 0 Å². The van der Waals surface area contributed by atoms with E-state index in [0.717, 1.165) is 12.0 Å². The first kappa shape index (κ1) is 17.1. The summed E-state index contributed by atoms with van der Waals surface area (Å²) in [6.45, 7) is 2.00. The molecule has 2 heterocycles. The van der Waals surface area contributed by atoms with E-state index in [4.69, 9.17) is 13.9 Å². The third-order valence-corrected chi connectivity index (χ3v) is 4.08. The number of carbonyl (C=O) groups excluding carboxylic acids is 2. The van der Waals surface area contributed by atoms with Crippen LogP contribution in [0.25, 0.3) is 0 Å². The average Bonchev–Trinajstić information content (AvgIpc) is 3.19. The molecular formula is C19H20O6. The minimum atomic E-state index is -0.499. The molecule has 1 fully saturated rings. The van der Waals surface area contributed by atoms with Gasteiger partial charge in [0.05, 0.1) is 7.11 Å². The van der Waals surface area contributed by atoms with Gasteiger partial charge in [-0.2, -0.15) is 0 Å². The van der Waals surface area contributed by atoms with Crippen LogP contribution in [0.2, 0.25) is 0 Å². The van der Waals surface area contributed by atoms with Crippen molar-refractivity contribution in [1.82, 2.24) is 0 Å². The summed E-state index contributed by atoms with van der Waals surface area (Å²) < 4.78 is 21.0. The molecule has 1 unspecified atom stereocenters. The molecule has 1 saturated heterocycles. The zero-order valence-electron chi connectivity index (χ0n) is 14.2. The molecule has 0 bridgehead atoms. The van der Waals surface area contributed by atoms with Gasteiger partial charge < -0.3 is 18.6 Å². The van der Waals surface area contributed by atoms with E-state index < -0.39 is 5.97 Å². The fourth-order valence-electron chi connectivity index (χ4n) is 2.78. The molecule has 0 radical (unpaired) electrons. The van der Waals surface area contributed by atoms with Gasteiger partial charge in [-0.05, 0) is 37.1 Å². The fourth-order valence-corrected chi connectivity index (χ4v) is 2.78. The van der Waals surface area contributed by atoms with E-state index in [9.17, 15) is 9.59 Å². The van der Waals surface area contributed by atoms with Crippen LogP contribution >= 0.6 is 0 Å². The molecule has 0 spiro atoms. The van der Waals surface area contributed by atoms with Crippen molar-refractivity contribution in [2.24, 2.45) is 0 Å². The van der Waals surface area contributed by atoms with Crippen LogP contribution in [0.5, 0.6) is 5.75 Å². The number of furan rings is 1. The molecule has 1 aliphatic rings. The van der Waals surface area contributed by atoms with E-state index in [1.807, 2.05) is 24.3 Å². The van der Waals surface area contributed by atoms with Gasteiger partial charge in [0.1, 0.15) is 24.2 Å². The number of methoxy groups -OCH3 is 1. The Labute approximate surface area is 145 Å². The Morgan fingerprint density at radius 1 is 1.28 bits per heavy atom. The maximum atomic E-state index is 11.5. The summed E-state index contributed by atoms with van der Waals surface area (Å²) in [4.78, 5) is 22.7. The van der Waals surface area contributed by atoms with Crippen LogP contribution in [0, 0.1) is 6.92 Å². The van der Waals surface area contributed by atoms with E-state index in [0.29, 0.717) is 29.9 Å². The van der Waals surface area contributed by atoms with E-state index in [2.05, 4.69) is 4.74 Å². The molecule has 1 aromatic heterocycles. The quantitative estimate of drug-likeness (QED) is 0.749. The molecule has 132 valence electrons. The lowest BCUT2D eigenvalue weighted by atomic mass is 10.1. The second kappa shape index (κ2) is 7.42. The van der Waals surface area contributed by atoms with Crippen molar-refractivity contribution in [3.05, 3.63) is 53.0 Å². The molecule has 0 aliphatic carbocycles. The number of hydrogen-bond donors (Lipinski definition) is 0. The Balaban J connectivity index is 1.55. The van der Waals surface area contributed by atoms with Gasteiger partial charge in [0.2, 0.25) is 5.76 Å². The lowest BCUT2D eigenvalue weighted by Gasteiger charge is -2.10. The Bertz CT molecular complexity index is 759. The second-order valence-corrected chi connectivity index (χ2v) is 6.00. The van der Waals surface area contributed by atoms with Crippen LogP contribution in [0.3, 0.4) is 0 Å². The summed E-state index contributed by atoms with van der Waals surface area (Å²) in [7, 11) is 1.31. The maximum Gasteiger partial charge on any atom is 0.374 e. The fraction of sp³-hybridized carbons (Fsp3) is 0.368. The number of rotatable bonds is 6. The van der Waals surface area contributed by atoms with Gasteiger partial charge in [-0.1, -0.05) is 12.1 Å². The number of esters is 2. The van der Waals surface area contributed by atoms with Crippen molar-refractivity contribution in [2.75, 3.05) is 7.11 Å². The summed E-state index contributed by atoms with van der Waals surface area (Å²) in [5.74, 6) is 0.828. The zero-order chi connectivity index (χ0) is 17.8. The number of ether oxygens (including phenoxy) is 3. The van der Waals surface area contributed by atoms with Crippen LogP contribution in [0.4, 0.5) is 0 Å². The number of aryl methyl sites for hydroxylation is 1. The predicted molar refractivity (Wildman–Crippen MR) is 88.4 cm³/mol. The maximum absolute atomic E-state index is 11.5. The Kier molecular flexibility index (Phi) is 5.07. The van der Waals surface area contributed by atoms with Crippen molar-refractivity contribution in [2.45, 2.75) is 38.9 Å². The van der Waals surface area contributed by atoms with Gasteiger partial charge >= 0.3 is 11.9 Å². The Hall–Kier alpha value is -2.76. The molecular weight excluding hydrogens is 324 g/mol. The number of benzene rings is 1. The molecule has 1 atom stereocenters. The topological polar surface area (TPSA) is 75.0 Å². The number of cyclic esters (lactones) is 1. The van der Waals surface area contributed by atoms with E-state index in [1.165, 1.54) is 7.11 Å². The first-order valence-corrected chi connectivity index (χ1v) is 8.14. The Morgan fingerprint density at radius 2 is 2.04 bits per heavy atom. The van der Waals surface area contributed by atoms with Crippen molar-refractivity contribution < 1.29 is 28.2 Å². The number of carbonyl (C=O) groups is 2. The van der Waals surface area contributed by atoms with Crippen LogP contribution in [-0.4, -0.2) is 25.2 Å². The smallest absolute Gasteiger partial charge is 0.374 e.